The molecular weight excluding hydrogens is 210 g/mol. The second kappa shape index (κ2) is 5.12. The van der Waals surface area contributed by atoms with E-state index in [9.17, 15) is 4.79 Å². The Bertz CT molecular complexity index is 250. The number of ether oxygens (including phenoxy) is 2. The molecule has 0 bridgehead atoms. The van der Waals surface area contributed by atoms with Gasteiger partial charge < -0.3 is 20.3 Å². The lowest BCUT2D eigenvalue weighted by Gasteiger charge is -2.39. The minimum absolute atomic E-state index is 0.259. The summed E-state index contributed by atoms with van der Waals surface area (Å²) < 4.78 is 10.9. The van der Waals surface area contributed by atoms with Gasteiger partial charge in [0.2, 0.25) is 0 Å². The third-order valence-corrected chi connectivity index (χ3v) is 3.00. The van der Waals surface area contributed by atoms with Gasteiger partial charge in [0.05, 0.1) is 13.2 Å². The molecule has 1 spiro atoms. The molecule has 94 valence electrons. The molecule has 3 N–H and O–H groups in total. The molecule has 1 atom stereocenters. The van der Waals surface area contributed by atoms with E-state index in [4.69, 9.17) is 20.3 Å². The summed E-state index contributed by atoms with van der Waals surface area (Å²) in [5.41, 5.74) is 4.62. The van der Waals surface area contributed by atoms with Crippen LogP contribution in [0.3, 0.4) is 0 Å². The van der Waals surface area contributed by atoms with Gasteiger partial charge in [0, 0.05) is 12.8 Å². The van der Waals surface area contributed by atoms with Gasteiger partial charge in [-0.15, -0.1) is 0 Å². The number of carbonyl (C=O) groups is 1. The summed E-state index contributed by atoms with van der Waals surface area (Å²) in [6, 6.07) is 0. The van der Waals surface area contributed by atoms with E-state index in [1.165, 1.54) is 0 Å². The predicted octanol–water partition coefficient (Wildman–Crippen LogP) is 1.11. The molecule has 0 amide bonds. The summed E-state index contributed by atoms with van der Waals surface area (Å²) in [5.74, 6) is -1.68. The molecular formula is C11H21NO4. The Morgan fingerprint density at radius 2 is 1.81 bits per heavy atom. The maximum atomic E-state index is 11.0. The van der Waals surface area contributed by atoms with Crippen molar-refractivity contribution in [1.82, 2.24) is 0 Å². The number of carboxylic acid groups (broad SMARTS) is 1. The SMILES string of the molecule is CC.NC1(C(=O)O)CCCC2(C1)OCCO2. The topological polar surface area (TPSA) is 81.8 Å². The molecule has 2 aliphatic rings. The molecule has 1 aliphatic carbocycles. The minimum atomic E-state index is -1.18. The van der Waals surface area contributed by atoms with Crippen LogP contribution in [0.2, 0.25) is 0 Å². The van der Waals surface area contributed by atoms with Crippen molar-refractivity contribution >= 4 is 5.97 Å². The second-order valence-electron chi connectivity index (χ2n) is 4.10. The zero-order valence-electron chi connectivity index (χ0n) is 9.99. The normalized spacial score (nSPS) is 31.9. The van der Waals surface area contributed by atoms with E-state index in [-0.39, 0.29) is 6.42 Å². The van der Waals surface area contributed by atoms with E-state index in [2.05, 4.69) is 0 Å². The van der Waals surface area contributed by atoms with Crippen LogP contribution in [0.5, 0.6) is 0 Å². The number of aliphatic carboxylic acids is 1. The zero-order valence-corrected chi connectivity index (χ0v) is 9.99. The van der Waals surface area contributed by atoms with Gasteiger partial charge >= 0.3 is 5.97 Å². The molecule has 0 aromatic rings. The molecule has 0 radical (unpaired) electrons. The van der Waals surface area contributed by atoms with Crippen LogP contribution in [0.1, 0.15) is 39.5 Å². The van der Waals surface area contributed by atoms with Crippen molar-refractivity contribution in [2.75, 3.05) is 13.2 Å². The first kappa shape index (κ1) is 13.4. The Labute approximate surface area is 95.9 Å². The van der Waals surface area contributed by atoms with Crippen LogP contribution < -0.4 is 5.73 Å². The maximum absolute atomic E-state index is 11.0. The summed E-state index contributed by atoms with van der Waals surface area (Å²) in [6.07, 6.45) is 2.24. The van der Waals surface area contributed by atoms with Crippen LogP contribution in [-0.2, 0) is 14.3 Å². The Kier molecular flexibility index (Phi) is 4.29. The Hall–Kier alpha value is -0.650. The second-order valence-corrected chi connectivity index (χ2v) is 4.10. The van der Waals surface area contributed by atoms with Crippen LogP contribution in [0.25, 0.3) is 0 Å². The van der Waals surface area contributed by atoms with Crippen molar-refractivity contribution in [1.29, 1.82) is 0 Å². The smallest absolute Gasteiger partial charge is 0.323 e. The van der Waals surface area contributed by atoms with Gasteiger partial charge in [-0.3, -0.25) is 4.79 Å². The quantitative estimate of drug-likeness (QED) is 0.706. The van der Waals surface area contributed by atoms with Gasteiger partial charge in [-0.1, -0.05) is 13.8 Å². The number of nitrogens with two attached hydrogens (primary N) is 1. The van der Waals surface area contributed by atoms with E-state index in [1.54, 1.807) is 0 Å². The van der Waals surface area contributed by atoms with Crippen molar-refractivity contribution in [3.8, 4) is 0 Å². The molecule has 1 saturated carbocycles. The zero-order chi connectivity index (χ0) is 12.2. The summed E-state index contributed by atoms with van der Waals surface area (Å²) in [4.78, 5) is 11.0. The van der Waals surface area contributed by atoms with E-state index in [0.717, 1.165) is 12.8 Å². The van der Waals surface area contributed by atoms with Gasteiger partial charge in [-0.2, -0.15) is 0 Å². The third kappa shape index (κ3) is 2.53. The standard InChI is InChI=1S/C9H15NO4.C2H6/c10-8(7(11)12)2-1-3-9(6-8)13-4-5-14-9;1-2/h1-6,10H2,(H,11,12);1-2H3. The van der Waals surface area contributed by atoms with E-state index >= 15 is 0 Å². The molecule has 2 rings (SSSR count). The Morgan fingerprint density at radius 1 is 1.25 bits per heavy atom. The van der Waals surface area contributed by atoms with Crippen LogP contribution in [0.4, 0.5) is 0 Å². The summed E-state index contributed by atoms with van der Waals surface area (Å²) in [7, 11) is 0. The highest BCUT2D eigenvalue weighted by molar-refractivity contribution is 5.78. The Balaban J connectivity index is 0.000000606. The molecule has 2 fully saturated rings. The fourth-order valence-electron chi connectivity index (χ4n) is 2.26. The van der Waals surface area contributed by atoms with Gasteiger partial charge in [0.15, 0.2) is 5.79 Å². The predicted molar refractivity (Wildman–Crippen MR) is 59.0 cm³/mol. The molecule has 0 aromatic heterocycles. The average molecular weight is 231 g/mol. The van der Waals surface area contributed by atoms with Gasteiger partial charge in [-0.05, 0) is 12.8 Å². The summed E-state index contributed by atoms with van der Waals surface area (Å²) in [6.45, 7) is 5.07. The number of hydrogen-bond acceptors (Lipinski definition) is 4. The van der Waals surface area contributed by atoms with Crippen molar-refractivity contribution in [2.45, 2.75) is 50.9 Å². The largest absolute Gasteiger partial charge is 0.480 e. The fraction of sp³-hybridized carbons (Fsp3) is 0.909. The lowest BCUT2D eigenvalue weighted by Crippen LogP contribution is -2.56. The highest BCUT2D eigenvalue weighted by atomic mass is 16.7. The van der Waals surface area contributed by atoms with Gasteiger partial charge in [0.1, 0.15) is 5.54 Å². The molecule has 16 heavy (non-hydrogen) atoms. The van der Waals surface area contributed by atoms with Crippen molar-refractivity contribution in [3.05, 3.63) is 0 Å². The van der Waals surface area contributed by atoms with Crippen LogP contribution >= 0.6 is 0 Å². The maximum Gasteiger partial charge on any atom is 0.323 e. The summed E-state index contributed by atoms with van der Waals surface area (Å²) in [5, 5.41) is 9.01. The first-order chi connectivity index (χ1) is 7.56. The van der Waals surface area contributed by atoms with Crippen LogP contribution in [-0.4, -0.2) is 35.6 Å². The minimum Gasteiger partial charge on any atom is -0.480 e. The number of rotatable bonds is 1. The monoisotopic (exact) mass is 231 g/mol. The Morgan fingerprint density at radius 3 is 2.31 bits per heavy atom. The van der Waals surface area contributed by atoms with Crippen molar-refractivity contribution in [2.24, 2.45) is 5.73 Å². The van der Waals surface area contributed by atoms with E-state index < -0.39 is 17.3 Å². The first-order valence-electron chi connectivity index (χ1n) is 5.87. The molecule has 0 aromatic carbocycles. The average Bonchev–Trinajstić information content (AvgIpc) is 2.69. The molecule has 1 heterocycles. The number of hydrogen-bond donors (Lipinski definition) is 2. The molecule has 5 heteroatoms. The van der Waals surface area contributed by atoms with Gasteiger partial charge in [0.25, 0.3) is 0 Å². The van der Waals surface area contributed by atoms with Gasteiger partial charge in [-0.25, -0.2) is 0 Å². The van der Waals surface area contributed by atoms with Crippen LogP contribution in [0, 0.1) is 0 Å². The molecule has 1 aliphatic heterocycles. The highest BCUT2D eigenvalue weighted by Crippen LogP contribution is 2.39. The highest BCUT2D eigenvalue weighted by Gasteiger charge is 2.50. The molecule has 1 unspecified atom stereocenters. The lowest BCUT2D eigenvalue weighted by atomic mass is 9.79. The summed E-state index contributed by atoms with van der Waals surface area (Å²) >= 11 is 0. The van der Waals surface area contributed by atoms with E-state index in [0.29, 0.717) is 19.6 Å². The molecule has 5 nitrogen and oxygen atoms in total. The van der Waals surface area contributed by atoms with Crippen molar-refractivity contribution in [3.63, 3.8) is 0 Å². The first-order valence-corrected chi connectivity index (χ1v) is 5.87. The third-order valence-electron chi connectivity index (χ3n) is 3.00. The van der Waals surface area contributed by atoms with Crippen LogP contribution in [0.15, 0.2) is 0 Å². The van der Waals surface area contributed by atoms with E-state index in [1.807, 2.05) is 13.8 Å². The lowest BCUT2D eigenvalue weighted by molar-refractivity contribution is -0.196. The van der Waals surface area contributed by atoms with Crippen molar-refractivity contribution < 1.29 is 19.4 Å². The molecule has 1 saturated heterocycles. The number of carboxylic acids is 1. The fourth-order valence-corrected chi connectivity index (χ4v) is 2.26.